The van der Waals surface area contributed by atoms with Crippen LogP contribution < -0.4 is 5.32 Å². The first-order valence-electron chi connectivity index (χ1n) is 5.36. The highest BCUT2D eigenvalue weighted by atomic mass is 15.0. The summed E-state index contributed by atoms with van der Waals surface area (Å²) >= 11 is 0. The van der Waals surface area contributed by atoms with E-state index in [1.54, 1.807) is 0 Å². The van der Waals surface area contributed by atoms with Crippen molar-refractivity contribution in [2.24, 2.45) is 5.92 Å². The molecule has 3 heteroatoms. The Hall–Kier alpha value is -1.12. The van der Waals surface area contributed by atoms with Gasteiger partial charge in [0.2, 0.25) is 0 Å². The smallest absolute Gasteiger partial charge is 0.129 e. The molecule has 1 saturated carbocycles. The molecule has 0 radical (unpaired) electrons. The van der Waals surface area contributed by atoms with Crippen LogP contribution in [0.1, 0.15) is 31.3 Å². The lowest BCUT2D eigenvalue weighted by molar-refractivity contribution is 0.870. The molecule has 1 aromatic heterocycles. The molecule has 0 atom stereocenters. The minimum Gasteiger partial charge on any atom is -0.370 e. The van der Waals surface area contributed by atoms with Crippen molar-refractivity contribution >= 4 is 5.82 Å². The van der Waals surface area contributed by atoms with E-state index in [1.807, 2.05) is 6.92 Å². The highest BCUT2D eigenvalue weighted by molar-refractivity contribution is 5.36. The number of aryl methyl sites for hydroxylation is 2. The Labute approximate surface area is 85.0 Å². The second-order valence-corrected chi connectivity index (χ2v) is 3.97. The summed E-state index contributed by atoms with van der Waals surface area (Å²) in [6.45, 7) is 5.13. The third-order valence-corrected chi connectivity index (χ3v) is 2.52. The Morgan fingerprint density at radius 2 is 2.21 bits per heavy atom. The van der Waals surface area contributed by atoms with Crippen LogP contribution in [0.3, 0.4) is 0 Å². The van der Waals surface area contributed by atoms with Gasteiger partial charge in [-0.15, -0.1) is 0 Å². The highest BCUT2D eigenvalue weighted by Gasteiger charge is 2.20. The molecule has 2 rings (SSSR count). The van der Waals surface area contributed by atoms with E-state index in [4.69, 9.17) is 0 Å². The fourth-order valence-electron chi connectivity index (χ4n) is 1.47. The molecular formula is C11H17N3. The molecule has 0 spiro atoms. The van der Waals surface area contributed by atoms with Gasteiger partial charge in [-0.05, 0) is 32.1 Å². The number of hydrogen-bond acceptors (Lipinski definition) is 3. The molecule has 76 valence electrons. The quantitative estimate of drug-likeness (QED) is 0.792. The third-order valence-electron chi connectivity index (χ3n) is 2.52. The molecule has 1 aliphatic carbocycles. The predicted molar refractivity (Wildman–Crippen MR) is 57.4 cm³/mol. The van der Waals surface area contributed by atoms with Crippen LogP contribution in [-0.4, -0.2) is 16.5 Å². The summed E-state index contributed by atoms with van der Waals surface area (Å²) < 4.78 is 0. The number of anilines is 1. The highest BCUT2D eigenvalue weighted by Crippen LogP contribution is 2.28. The maximum atomic E-state index is 4.36. The Kier molecular flexibility index (Phi) is 2.66. The van der Waals surface area contributed by atoms with Crippen molar-refractivity contribution in [3.05, 3.63) is 17.6 Å². The normalized spacial score (nSPS) is 15.6. The lowest BCUT2D eigenvalue weighted by atomic mass is 10.3. The first kappa shape index (κ1) is 9.44. The topological polar surface area (TPSA) is 37.8 Å². The standard InChI is InChI=1S/C11H17N3/c1-3-10-6-11(14-8(2)13-10)12-7-9-4-5-9/h6,9H,3-5,7H2,1-2H3,(H,12,13,14). The van der Waals surface area contributed by atoms with E-state index in [0.29, 0.717) is 0 Å². The van der Waals surface area contributed by atoms with E-state index in [-0.39, 0.29) is 0 Å². The minimum absolute atomic E-state index is 0.864. The van der Waals surface area contributed by atoms with Crippen LogP contribution in [0.2, 0.25) is 0 Å². The predicted octanol–water partition coefficient (Wildman–Crippen LogP) is 2.17. The van der Waals surface area contributed by atoms with Gasteiger partial charge < -0.3 is 5.32 Å². The minimum atomic E-state index is 0.864. The summed E-state index contributed by atoms with van der Waals surface area (Å²) in [6, 6.07) is 2.05. The van der Waals surface area contributed by atoms with Gasteiger partial charge in [-0.2, -0.15) is 0 Å². The fraction of sp³-hybridized carbons (Fsp3) is 0.636. The van der Waals surface area contributed by atoms with Gasteiger partial charge in [-0.25, -0.2) is 9.97 Å². The van der Waals surface area contributed by atoms with Gasteiger partial charge in [-0.1, -0.05) is 6.92 Å². The van der Waals surface area contributed by atoms with Gasteiger partial charge >= 0.3 is 0 Å². The Balaban J connectivity index is 2.03. The molecule has 0 amide bonds. The molecule has 1 N–H and O–H groups in total. The van der Waals surface area contributed by atoms with E-state index in [0.717, 1.165) is 36.2 Å². The van der Waals surface area contributed by atoms with Gasteiger partial charge in [0.15, 0.2) is 0 Å². The van der Waals surface area contributed by atoms with E-state index < -0.39 is 0 Å². The number of nitrogens with zero attached hydrogens (tertiary/aromatic N) is 2. The van der Waals surface area contributed by atoms with Crippen LogP contribution in [0.25, 0.3) is 0 Å². The van der Waals surface area contributed by atoms with Crippen LogP contribution in [0.15, 0.2) is 6.07 Å². The number of aromatic nitrogens is 2. The summed E-state index contributed by atoms with van der Waals surface area (Å²) in [5.41, 5.74) is 1.12. The summed E-state index contributed by atoms with van der Waals surface area (Å²) in [5, 5.41) is 3.37. The summed E-state index contributed by atoms with van der Waals surface area (Å²) in [5.74, 6) is 2.74. The van der Waals surface area contributed by atoms with Gasteiger partial charge in [0.25, 0.3) is 0 Å². The third kappa shape index (κ3) is 2.44. The number of rotatable bonds is 4. The van der Waals surface area contributed by atoms with Crippen LogP contribution in [0, 0.1) is 12.8 Å². The molecule has 1 fully saturated rings. The molecule has 0 unspecified atom stereocenters. The Morgan fingerprint density at radius 3 is 2.86 bits per heavy atom. The molecule has 0 bridgehead atoms. The second-order valence-electron chi connectivity index (χ2n) is 3.97. The zero-order valence-corrected chi connectivity index (χ0v) is 8.88. The van der Waals surface area contributed by atoms with Gasteiger partial charge in [0, 0.05) is 18.3 Å². The van der Waals surface area contributed by atoms with Crippen LogP contribution in [-0.2, 0) is 6.42 Å². The SMILES string of the molecule is CCc1cc(NCC2CC2)nc(C)n1. The second kappa shape index (κ2) is 3.95. The maximum Gasteiger partial charge on any atom is 0.129 e. The van der Waals surface area contributed by atoms with Crippen molar-refractivity contribution in [2.75, 3.05) is 11.9 Å². The first-order chi connectivity index (χ1) is 6.78. The molecule has 1 heterocycles. The van der Waals surface area contributed by atoms with E-state index in [9.17, 15) is 0 Å². The van der Waals surface area contributed by atoms with Gasteiger partial charge in [0.05, 0.1) is 0 Å². The molecule has 0 aliphatic heterocycles. The van der Waals surface area contributed by atoms with Gasteiger partial charge in [-0.3, -0.25) is 0 Å². The summed E-state index contributed by atoms with van der Waals surface area (Å²) in [7, 11) is 0. The molecule has 1 aromatic rings. The summed E-state index contributed by atoms with van der Waals surface area (Å²) in [6.07, 6.45) is 3.72. The molecule has 3 nitrogen and oxygen atoms in total. The van der Waals surface area contributed by atoms with Crippen LogP contribution >= 0.6 is 0 Å². The van der Waals surface area contributed by atoms with Crippen molar-refractivity contribution in [1.82, 2.24) is 9.97 Å². The zero-order chi connectivity index (χ0) is 9.97. The summed E-state index contributed by atoms with van der Waals surface area (Å²) in [4.78, 5) is 8.70. The largest absolute Gasteiger partial charge is 0.370 e. The lowest BCUT2D eigenvalue weighted by Gasteiger charge is -2.06. The molecule has 14 heavy (non-hydrogen) atoms. The van der Waals surface area contributed by atoms with Crippen molar-refractivity contribution in [1.29, 1.82) is 0 Å². The van der Waals surface area contributed by atoms with Crippen molar-refractivity contribution < 1.29 is 0 Å². The lowest BCUT2D eigenvalue weighted by Crippen LogP contribution is -2.07. The van der Waals surface area contributed by atoms with Crippen LogP contribution in [0.4, 0.5) is 5.82 Å². The van der Waals surface area contributed by atoms with E-state index in [1.165, 1.54) is 12.8 Å². The van der Waals surface area contributed by atoms with Crippen molar-refractivity contribution in [2.45, 2.75) is 33.1 Å². The van der Waals surface area contributed by atoms with Crippen molar-refractivity contribution in [3.63, 3.8) is 0 Å². The Bertz CT molecular complexity index is 318. The number of nitrogens with one attached hydrogen (secondary N) is 1. The van der Waals surface area contributed by atoms with Crippen LogP contribution in [0.5, 0.6) is 0 Å². The fourth-order valence-corrected chi connectivity index (χ4v) is 1.47. The Morgan fingerprint density at radius 1 is 1.43 bits per heavy atom. The average Bonchev–Trinajstić information content (AvgIpc) is 2.97. The molecular weight excluding hydrogens is 174 g/mol. The molecule has 0 aromatic carbocycles. The molecule has 0 saturated heterocycles. The van der Waals surface area contributed by atoms with Gasteiger partial charge in [0.1, 0.15) is 11.6 Å². The zero-order valence-electron chi connectivity index (χ0n) is 8.88. The maximum absolute atomic E-state index is 4.36. The van der Waals surface area contributed by atoms with Crippen molar-refractivity contribution in [3.8, 4) is 0 Å². The number of hydrogen-bond donors (Lipinski definition) is 1. The van der Waals surface area contributed by atoms with E-state index >= 15 is 0 Å². The monoisotopic (exact) mass is 191 g/mol. The van der Waals surface area contributed by atoms with E-state index in [2.05, 4.69) is 28.3 Å². The average molecular weight is 191 g/mol. The first-order valence-corrected chi connectivity index (χ1v) is 5.36. The molecule has 1 aliphatic rings.